The summed E-state index contributed by atoms with van der Waals surface area (Å²) in [5.74, 6) is -0.532. The van der Waals surface area contributed by atoms with Gasteiger partial charge in [0, 0.05) is 19.2 Å². The van der Waals surface area contributed by atoms with Crippen LogP contribution in [0.15, 0.2) is 53.4 Å². The Kier molecular flexibility index (Phi) is 7.24. The van der Waals surface area contributed by atoms with Crippen molar-refractivity contribution in [2.24, 2.45) is 0 Å². The molecule has 0 atom stereocenters. The Bertz CT molecular complexity index is 951. The number of hydrazine groups is 1. The largest absolute Gasteiger partial charge is 0.337 e. The Balaban J connectivity index is 2.20. The summed E-state index contributed by atoms with van der Waals surface area (Å²) in [6.07, 6.45) is 0.652. The number of halogens is 1. The van der Waals surface area contributed by atoms with Crippen molar-refractivity contribution in [1.29, 1.82) is 0 Å². The Hall–Kier alpha value is -2.78. The van der Waals surface area contributed by atoms with E-state index in [0.29, 0.717) is 13.0 Å². The van der Waals surface area contributed by atoms with Crippen LogP contribution in [0.25, 0.3) is 0 Å². The van der Waals surface area contributed by atoms with Gasteiger partial charge >= 0.3 is 6.03 Å². The first-order chi connectivity index (χ1) is 13.2. The van der Waals surface area contributed by atoms with Crippen molar-refractivity contribution >= 4 is 39.2 Å². The minimum atomic E-state index is -4.24. The smallest absolute Gasteiger partial charge is 0.328 e. The Morgan fingerprint density at radius 2 is 1.79 bits per heavy atom. The maximum absolute atomic E-state index is 12.5. The molecule has 2 rings (SSSR count). The summed E-state index contributed by atoms with van der Waals surface area (Å²) in [6, 6.07) is 12.0. The molecule has 0 unspecified atom stereocenters. The standard InChI is InChI=1S/C18H21ClN4O4S/c1-3-11-20-18(25)22-28(26,27)16-12-13(9-10-15(16)19)17(24)21-23(2)14-7-5-4-6-8-14/h4-10,12H,3,11H2,1-2H3,(H,21,24)(H2,20,22,25). The Morgan fingerprint density at radius 1 is 1.11 bits per heavy atom. The number of benzene rings is 2. The van der Waals surface area contributed by atoms with Crippen molar-refractivity contribution in [3.63, 3.8) is 0 Å². The zero-order valence-electron chi connectivity index (χ0n) is 15.4. The molecule has 0 aromatic heterocycles. The quantitative estimate of drug-likeness (QED) is 0.592. The topological polar surface area (TPSA) is 108 Å². The van der Waals surface area contributed by atoms with Gasteiger partial charge in [-0.05, 0) is 36.8 Å². The number of carbonyl (C=O) groups excluding carboxylic acids is 2. The van der Waals surface area contributed by atoms with Gasteiger partial charge in [0.05, 0.1) is 10.7 Å². The highest BCUT2D eigenvalue weighted by molar-refractivity contribution is 7.90. The van der Waals surface area contributed by atoms with E-state index in [-0.39, 0.29) is 15.5 Å². The van der Waals surface area contributed by atoms with Crippen molar-refractivity contribution in [2.75, 3.05) is 18.6 Å². The average molecular weight is 425 g/mol. The van der Waals surface area contributed by atoms with Crippen LogP contribution in [0.4, 0.5) is 10.5 Å². The molecule has 0 aliphatic heterocycles. The molecule has 3 amide bonds. The fourth-order valence-electron chi connectivity index (χ4n) is 2.24. The zero-order valence-corrected chi connectivity index (χ0v) is 17.0. The van der Waals surface area contributed by atoms with Crippen LogP contribution < -0.4 is 20.5 Å². The van der Waals surface area contributed by atoms with Gasteiger partial charge in [-0.3, -0.25) is 15.2 Å². The second kappa shape index (κ2) is 9.43. The Morgan fingerprint density at radius 3 is 2.43 bits per heavy atom. The lowest BCUT2D eigenvalue weighted by molar-refractivity contribution is 0.0951. The molecular formula is C18H21ClN4O4S. The van der Waals surface area contributed by atoms with Crippen molar-refractivity contribution in [2.45, 2.75) is 18.2 Å². The number of nitrogens with zero attached hydrogens (tertiary/aromatic N) is 1. The molecule has 10 heteroatoms. The number of sulfonamides is 1. The van der Waals surface area contributed by atoms with E-state index in [1.54, 1.807) is 19.2 Å². The van der Waals surface area contributed by atoms with E-state index in [0.717, 1.165) is 11.8 Å². The van der Waals surface area contributed by atoms with Crippen LogP contribution in [0.1, 0.15) is 23.7 Å². The summed E-state index contributed by atoms with van der Waals surface area (Å²) >= 11 is 5.98. The van der Waals surface area contributed by atoms with Crippen LogP contribution in [0.3, 0.4) is 0 Å². The molecule has 28 heavy (non-hydrogen) atoms. The molecule has 0 heterocycles. The van der Waals surface area contributed by atoms with E-state index >= 15 is 0 Å². The van der Waals surface area contributed by atoms with Gasteiger partial charge in [0.25, 0.3) is 15.9 Å². The third-order valence-corrected chi connectivity index (χ3v) is 5.47. The molecule has 8 nitrogen and oxygen atoms in total. The molecule has 0 aliphatic rings. The van der Waals surface area contributed by atoms with Gasteiger partial charge in [-0.15, -0.1) is 0 Å². The lowest BCUT2D eigenvalue weighted by Crippen LogP contribution is -2.40. The number of carbonyl (C=O) groups is 2. The number of para-hydroxylation sites is 1. The molecule has 0 fully saturated rings. The maximum Gasteiger partial charge on any atom is 0.328 e. The van der Waals surface area contributed by atoms with Crippen molar-refractivity contribution < 1.29 is 18.0 Å². The van der Waals surface area contributed by atoms with Crippen LogP contribution in [0, 0.1) is 0 Å². The Labute approximate surface area is 168 Å². The summed E-state index contributed by atoms with van der Waals surface area (Å²) in [5.41, 5.74) is 3.45. The van der Waals surface area contributed by atoms with Gasteiger partial charge in [0.15, 0.2) is 0 Å². The molecule has 0 aliphatic carbocycles. The molecule has 2 aromatic carbocycles. The molecule has 150 valence electrons. The molecular weight excluding hydrogens is 404 g/mol. The molecule has 0 saturated heterocycles. The van der Waals surface area contributed by atoms with Gasteiger partial charge in [-0.2, -0.15) is 0 Å². The van der Waals surface area contributed by atoms with Gasteiger partial charge < -0.3 is 5.32 Å². The molecule has 2 aromatic rings. The molecule has 0 radical (unpaired) electrons. The van der Waals surface area contributed by atoms with Gasteiger partial charge in [-0.25, -0.2) is 17.9 Å². The second-order valence-corrected chi connectivity index (χ2v) is 7.90. The molecule has 0 saturated carbocycles. The highest BCUT2D eigenvalue weighted by Crippen LogP contribution is 2.23. The van der Waals surface area contributed by atoms with E-state index in [9.17, 15) is 18.0 Å². The second-order valence-electron chi connectivity index (χ2n) is 5.84. The van der Waals surface area contributed by atoms with Crippen molar-refractivity contribution in [1.82, 2.24) is 15.5 Å². The first kappa shape index (κ1) is 21.5. The maximum atomic E-state index is 12.5. The van der Waals surface area contributed by atoms with Crippen LogP contribution in [0.5, 0.6) is 0 Å². The zero-order chi connectivity index (χ0) is 20.7. The predicted octanol–water partition coefficient (Wildman–Crippen LogP) is 2.52. The highest BCUT2D eigenvalue weighted by atomic mass is 35.5. The third-order valence-electron chi connectivity index (χ3n) is 3.66. The normalized spacial score (nSPS) is 10.8. The van der Waals surface area contributed by atoms with Crippen molar-refractivity contribution in [3.8, 4) is 0 Å². The monoisotopic (exact) mass is 424 g/mol. The lowest BCUT2D eigenvalue weighted by atomic mass is 10.2. The number of hydrogen-bond acceptors (Lipinski definition) is 5. The number of hydrogen-bond donors (Lipinski definition) is 3. The predicted molar refractivity (Wildman–Crippen MR) is 108 cm³/mol. The highest BCUT2D eigenvalue weighted by Gasteiger charge is 2.22. The summed E-state index contributed by atoms with van der Waals surface area (Å²) in [4.78, 5) is 23.8. The van der Waals surface area contributed by atoms with Gasteiger partial charge in [0.1, 0.15) is 4.90 Å². The number of urea groups is 1. The molecule has 3 N–H and O–H groups in total. The van der Waals surface area contributed by atoms with Crippen molar-refractivity contribution in [3.05, 3.63) is 59.1 Å². The summed E-state index contributed by atoms with van der Waals surface area (Å²) in [5, 5.41) is 3.79. The van der Waals surface area contributed by atoms with Crippen LogP contribution >= 0.6 is 11.6 Å². The summed E-state index contributed by atoms with van der Waals surface area (Å²) in [7, 11) is -2.59. The van der Waals surface area contributed by atoms with E-state index in [2.05, 4.69) is 10.7 Å². The van der Waals surface area contributed by atoms with E-state index < -0.39 is 22.0 Å². The lowest BCUT2D eigenvalue weighted by Gasteiger charge is -2.20. The number of rotatable bonds is 7. The minimum Gasteiger partial charge on any atom is -0.337 e. The first-order valence-electron chi connectivity index (χ1n) is 8.44. The molecule has 0 spiro atoms. The number of amides is 3. The molecule has 0 bridgehead atoms. The van der Waals surface area contributed by atoms with Crippen LogP contribution in [0.2, 0.25) is 5.02 Å². The SMILES string of the molecule is CCCNC(=O)NS(=O)(=O)c1cc(C(=O)NN(C)c2ccccc2)ccc1Cl. The minimum absolute atomic E-state index is 0.0709. The first-order valence-corrected chi connectivity index (χ1v) is 10.3. The fourth-order valence-corrected chi connectivity index (χ4v) is 3.69. The average Bonchev–Trinajstić information content (AvgIpc) is 2.66. The number of nitrogens with one attached hydrogen (secondary N) is 3. The van der Waals surface area contributed by atoms with Crippen LogP contribution in [-0.4, -0.2) is 33.9 Å². The van der Waals surface area contributed by atoms with Gasteiger partial charge in [0.2, 0.25) is 0 Å². The van der Waals surface area contributed by atoms with E-state index in [1.165, 1.54) is 17.1 Å². The van der Waals surface area contributed by atoms with Crippen LogP contribution in [-0.2, 0) is 10.0 Å². The van der Waals surface area contributed by atoms with E-state index in [4.69, 9.17) is 11.6 Å². The fraction of sp³-hybridized carbons (Fsp3) is 0.222. The van der Waals surface area contributed by atoms with Gasteiger partial charge in [-0.1, -0.05) is 36.7 Å². The summed E-state index contributed by atoms with van der Waals surface area (Å²) < 4.78 is 26.8. The third kappa shape index (κ3) is 5.61. The number of anilines is 1. The van der Waals surface area contributed by atoms with E-state index in [1.807, 2.05) is 29.8 Å². The summed E-state index contributed by atoms with van der Waals surface area (Å²) in [6.45, 7) is 2.16.